The lowest BCUT2D eigenvalue weighted by Gasteiger charge is -2.10. The van der Waals surface area contributed by atoms with Crippen molar-refractivity contribution < 1.29 is 14.3 Å². The highest BCUT2D eigenvalue weighted by Gasteiger charge is 2.18. The summed E-state index contributed by atoms with van der Waals surface area (Å²) in [4.78, 5) is 24.5. The molecule has 1 N–H and O–H groups in total. The third kappa shape index (κ3) is 1.91. The largest absolute Gasteiger partial charge is 0.508 e. The molecular formula is C17H14O4. The second kappa shape index (κ2) is 4.45. The first-order chi connectivity index (χ1) is 9.90. The summed E-state index contributed by atoms with van der Waals surface area (Å²) in [7, 11) is 0. The van der Waals surface area contributed by atoms with E-state index in [1.165, 1.54) is 25.1 Å². The predicted octanol–water partition coefficient (Wildman–Crippen LogP) is 3.47. The predicted molar refractivity (Wildman–Crippen MR) is 81.1 cm³/mol. The van der Waals surface area contributed by atoms with Crippen LogP contribution in [0.1, 0.15) is 28.4 Å². The quantitative estimate of drug-likeness (QED) is 0.548. The van der Waals surface area contributed by atoms with E-state index in [9.17, 15) is 14.7 Å². The smallest absolute Gasteiger partial charge is 0.200 e. The van der Waals surface area contributed by atoms with E-state index in [1.807, 2.05) is 13.8 Å². The molecule has 0 aliphatic rings. The number of hydrogen-bond acceptors (Lipinski definition) is 4. The number of carbonyl (C=O) groups is 1. The molecule has 0 amide bonds. The lowest BCUT2D eigenvalue weighted by Crippen LogP contribution is -2.07. The number of phenols is 1. The van der Waals surface area contributed by atoms with Crippen molar-refractivity contribution in [3.63, 3.8) is 0 Å². The summed E-state index contributed by atoms with van der Waals surface area (Å²) in [5.74, 6) is -0.137. The number of Topliss-reactive ketones (excluding diaryl/α,β-unsaturated/α-hetero) is 1. The maximum absolute atomic E-state index is 12.6. The number of fused-ring (bicyclic) bond motifs is 2. The highest BCUT2D eigenvalue weighted by molar-refractivity contribution is 6.08. The van der Waals surface area contributed by atoms with E-state index < -0.39 is 0 Å². The zero-order chi connectivity index (χ0) is 15.3. The van der Waals surface area contributed by atoms with Gasteiger partial charge >= 0.3 is 0 Å². The monoisotopic (exact) mass is 282 g/mol. The lowest BCUT2D eigenvalue weighted by atomic mass is 9.96. The second-order valence-corrected chi connectivity index (χ2v) is 5.24. The van der Waals surface area contributed by atoms with Gasteiger partial charge in [-0.1, -0.05) is 0 Å². The molecule has 3 rings (SSSR count). The van der Waals surface area contributed by atoms with Crippen molar-refractivity contribution in [1.82, 2.24) is 0 Å². The molecule has 4 nitrogen and oxygen atoms in total. The number of phenolic OH excluding ortho intramolecular Hbond substituents is 1. The summed E-state index contributed by atoms with van der Waals surface area (Å²) in [5.41, 5.74) is 2.46. The van der Waals surface area contributed by atoms with Gasteiger partial charge in [0.2, 0.25) is 5.43 Å². The summed E-state index contributed by atoms with van der Waals surface area (Å²) in [6.45, 7) is 5.15. The Hall–Kier alpha value is -2.62. The maximum Gasteiger partial charge on any atom is 0.200 e. The zero-order valence-electron chi connectivity index (χ0n) is 12.0. The van der Waals surface area contributed by atoms with Crippen molar-refractivity contribution in [2.24, 2.45) is 0 Å². The minimum atomic E-state index is -0.197. The minimum Gasteiger partial charge on any atom is -0.508 e. The third-order valence-electron chi connectivity index (χ3n) is 3.82. The summed E-state index contributed by atoms with van der Waals surface area (Å²) >= 11 is 0. The molecule has 2 aromatic carbocycles. The van der Waals surface area contributed by atoms with Crippen LogP contribution in [-0.2, 0) is 0 Å². The molecule has 0 fully saturated rings. The summed E-state index contributed by atoms with van der Waals surface area (Å²) in [6.07, 6.45) is 0. The van der Waals surface area contributed by atoms with Gasteiger partial charge in [0, 0.05) is 6.07 Å². The summed E-state index contributed by atoms with van der Waals surface area (Å²) < 4.78 is 5.76. The molecule has 3 aromatic rings. The van der Waals surface area contributed by atoms with Crippen LogP contribution in [0.15, 0.2) is 33.5 Å². The second-order valence-electron chi connectivity index (χ2n) is 5.24. The van der Waals surface area contributed by atoms with Crippen molar-refractivity contribution in [2.45, 2.75) is 20.8 Å². The molecule has 4 heteroatoms. The van der Waals surface area contributed by atoms with Crippen LogP contribution in [0, 0.1) is 13.8 Å². The van der Waals surface area contributed by atoms with Crippen LogP contribution in [0.3, 0.4) is 0 Å². The van der Waals surface area contributed by atoms with E-state index >= 15 is 0 Å². The fourth-order valence-electron chi connectivity index (χ4n) is 2.63. The lowest BCUT2D eigenvalue weighted by molar-refractivity contribution is 0.101. The third-order valence-corrected chi connectivity index (χ3v) is 3.82. The first kappa shape index (κ1) is 13.4. The summed E-state index contributed by atoms with van der Waals surface area (Å²) in [6, 6.07) is 6.10. The van der Waals surface area contributed by atoms with E-state index in [0.717, 1.165) is 11.1 Å². The number of aryl methyl sites for hydroxylation is 1. The van der Waals surface area contributed by atoms with Gasteiger partial charge in [0.25, 0.3) is 0 Å². The van der Waals surface area contributed by atoms with Crippen LogP contribution in [0.4, 0.5) is 0 Å². The van der Waals surface area contributed by atoms with Crippen molar-refractivity contribution >= 4 is 27.7 Å². The highest BCUT2D eigenvalue weighted by Crippen LogP contribution is 2.28. The number of rotatable bonds is 1. The van der Waals surface area contributed by atoms with E-state index in [1.54, 1.807) is 6.07 Å². The molecular weight excluding hydrogens is 268 g/mol. The fraction of sp³-hybridized carbons (Fsp3) is 0.176. The zero-order valence-corrected chi connectivity index (χ0v) is 12.0. The van der Waals surface area contributed by atoms with Gasteiger partial charge in [-0.25, -0.2) is 0 Å². The van der Waals surface area contributed by atoms with Crippen molar-refractivity contribution in [1.29, 1.82) is 0 Å². The normalized spacial score (nSPS) is 11.2. The van der Waals surface area contributed by atoms with Crippen LogP contribution >= 0.6 is 0 Å². The Morgan fingerprint density at radius 2 is 1.86 bits per heavy atom. The number of ketones is 1. The minimum absolute atomic E-state index is 0.0122. The first-order valence-electron chi connectivity index (χ1n) is 6.61. The van der Waals surface area contributed by atoms with Crippen LogP contribution in [-0.4, -0.2) is 10.9 Å². The molecule has 0 saturated carbocycles. The van der Waals surface area contributed by atoms with Crippen LogP contribution in [0.25, 0.3) is 21.9 Å². The van der Waals surface area contributed by atoms with Crippen LogP contribution in [0.5, 0.6) is 5.75 Å². The molecule has 0 aliphatic heterocycles. The standard InChI is InChI=1S/C17H14O4/c1-8-6-13-16(20)12-5-4-11(19)7-14(12)21-17(13)15(9(8)2)10(3)18/h4-7,19H,1-3H3. The Labute approximate surface area is 120 Å². The Morgan fingerprint density at radius 1 is 1.14 bits per heavy atom. The molecule has 0 radical (unpaired) electrons. The SMILES string of the molecule is CC(=O)c1c(C)c(C)cc2c(=O)c3ccc(O)cc3oc12. The molecule has 21 heavy (non-hydrogen) atoms. The average Bonchev–Trinajstić information content (AvgIpc) is 2.41. The van der Waals surface area contributed by atoms with Gasteiger partial charge < -0.3 is 9.52 Å². The topological polar surface area (TPSA) is 67.5 Å². The Morgan fingerprint density at radius 3 is 2.52 bits per heavy atom. The summed E-state index contributed by atoms with van der Waals surface area (Å²) in [5, 5.41) is 10.3. The number of aromatic hydroxyl groups is 1. The maximum atomic E-state index is 12.6. The van der Waals surface area contributed by atoms with Gasteiger partial charge in [-0.2, -0.15) is 0 Å². The number of benzene rings is 2. The molecule has 0 bridgehead atoms. The van der Waals surface area contributed by atoms with Gasteiger partial charge in [0.05, 0.1) is 16.3 Å². The van der Waals surface area contributed by atoms with Crippen molar-refractivity contribution in [2.75, 3.05) is 0 Å². The fourth-order valence-corrected chi connectivity index (χ4v) is 2.63. The van der Waals surface area contributed by atoms with E-state index in [0.29, 0.717) is 16.3 Å². The van der Waals surface area contributed by atoms with Gasteiger partial charge in [-0.05, 0) is 50.1 Å². The average molecular weight is 282 g/mol. The van der Waals surface area contributed by atoms with Gasteiger partial charge in [-0.3, -0.25) is 9.59 Å². The van der Waals surface area contributed by atoms with Gasteiger partial charge in [-0.15, -0.1) is 0 Å². The Balaban J connectivity index is 2.63. The molecule has 0 spiro atoms. The molecule has 0 atom stereocenters. The molecule has 0 aliphatic carbocycles. The van der Waals surface area contributed by atoms with Crippen LogP contribution < -0.4 is 5.43 Å². The van der Waals surface area contributed by atoms with Crippen molar-refractivity contribution in [3.05, 3.63) is 51.2 Å². The molecule has 1 heterocycles. The first-order valence-corrected chi connectivity index (χ1v) is 6.61. The van der Waals surface area contributed by atoms with E-state index in [-0.39, 0.29) is 28.1 Å². The van der Waals surface area contributed by atoms with Gasteiger partial charge in [0.15, 0.2) is 5.78 Å². The van der Waals surface area contributed by atoms with Crippen LogP contribution in [0.2, 0.25) is 0 Å². The Bertz CT molecular complexity index is 964. The molecule has 1 aromatic heterocycles. The Kier molecular flexibility index (Phi) is 2.83. The van der Waals surface area contributed by atoms with E-state index in [4.69, 9.17) is 4.42 Å². The highest BCUT2D eigenvalue weighted by atomic mass is 16.3. The molecule has 106 valence electrons. The van der Waals surface area contributed by atoms with E-state index in [2.05, 4.69) is 0 Å². The van der Waals surface area contributed by atoms with Crippen molar-refractivity contribution in [3.8, 4) is 5.75 Å². The van der Waals surface area contributed by atoms with Gasteiger partial charge in [0.1, 0.15) is 16.9 Å². The number of carbonyl (C=O) groups excluding carboxylic acids is 1. The molecule has 0 unspecified atom stereocenters. The number of hydrogen-bond donors (Lipinski definition) is 1. The molecule has 0 saturated heterocycles.